The first-order valence-electron chi connectivity index (χ1n) is 6.97. The number of pyridine rings is 2. The molecule has 0 bridgehead atoms. The van der Waals surface area contributed by atoms with Crippen LogP contribution in [0.2, 0.25) is 0 Å². The van der Waals surface area contributed by atoms with Crippen LogP contribution in [0.3, 0.4) is 0 Å². The van der Waals surface area contributed by atoms with Crippen LogP contribution >= 0.6 is 0 Å². The molecule has 0 saturated carbocycles. The standard InChI is InChI=1S/C18H16N2O2/c1-13-9-10-14(12-20-13)22-18-16(7-5-11-19-18)15-6-3-4-8-17(15)21-2/h3-12H,1-2H3. The van der Waals surface area contributed by atoms with Crippen molar-refractivity contribution in [2.75, 3.05) is 7.11 Å². The van der Waals surface area contributed by atoms with Gasteiger partial charge in [-0.25, -0.2) is 4.98 Å². The van der Waals surface area contributed by atoms with Gasteiger partial charge in [0.15, 0.2) is 0 Å². The third kappa shape index (κ3) is 2.91. The monoisotopic (exact) mass is 292 g/mol. The molecule has 0 saturated heterocycles. The number of hydrogen-bond acceptors (Lipinski definition) is 4. The van der Waals surface area contributed by atoms with Gasteiger partial charge in [-0.3, -0.25) is 4.98 Å². The molecule has 3 rings (SSSR count). The maximum absolute atomic E-state index is 5.89. The van der Waals surface area contributed by atoms with E-state index in [1.807, 2.05) is 55.5 Å². The van der Waals surface area contributed by atoms with Crippen molar-refractivity contribution in [1.82, 2.24) is 9.97 Å². The molecule has 3 aromatic rings. The Balaban J connectivity index is 2.01. The maximum Gasteiger partial charge on any atom is 0.227 e. The highest BCUT2D eigenvalue weighted by molar-refractivity contribution is 5.74. The van der Waals surface area contributed by atoms with E-state index in [2.05, 4.69) is 9.97 Å². The molecule has 0 atom stereocenters. The van der Waals surface area contributed by atoms with E-state index in [0.717, 1.165) is 22.6 Å². The van der Waals surface area contributed by atoms with Crippen LogP contribution in [-0.4, -0.2) is 17.1 Å². The summed E-state index contributed by atoms with van der Waals surface area (Å²) in [5.74, 6) is 1.96. The number of hydrogen-bond donors (Lipinski definition) is 0. The molecule has 110 valence electrons. The molecule has 0 N–H and O–H groups in total. The van der Waals surface area contributed by atoms with Gasteiger partial charge in [-0.05, 0) is 37.3 Å². The summed E-state index contributed by atoms with van der Waals surface area (Å²) >= 11 is 0. The molecule has 2 aromatic heterocycles. The number of aromatic nitrogens is 2. The van der Waals surface area contributed by atoms with Crippen LogP contribution in [0, 0.1) is 6.92 Å². The van der Waals surface area contributed by atoms with Gasteiger partial charge in [-0.2, -0.15) is 0 Å². The number of nitrogens with zero attached hydrogens (tertiary/aromatic N) is 2. The fourth-order valence-electron chi connectivity index (χ4n) is 2.17. The first kappa shape index (κ1) is 14.1. The minimum atomic E-state index is 0.526. The van der Waals surface area contributed by atoms with E-state index in [1.165, 1.54) is 0 Å². The summed E-state index contributed by atoms with van der Waals surface area (Å²) in [6.07, 6.45) is 3.39. The number of benzene rings is 1. The molecule has 0 aliphatic carbocycles. The smallest absolute Gasteiger partial charge is 0.227 e. The van der Waals surface area contributed by atoms with Crippen molar-refractivity contribution in [1.29, 1.82) is 0 Å². The van der Waals surface area contributed by atoms with E-state index < -0.39 is 0 Å². The van der Waals surface area contributed by atoms with E-state index in [9.17, 15) is 0 Å². The lowest BCUT2D eigenvalue weighted by atomic mass is 10.1. The van der Waals surface area contributed by atoms with Gasteiger partial charge >= 0.3 is 0 Å². The molecular weight excluding hydrogens is 276 g/mol. The van der Waals surface area contributed by atoms with Crippen LogP contribution < -0.4 is 9.47 Å². The quantitative estimate of drug-likeness (QED) is 0.721. The molecule has 0 aliphatic heterocycles. The van der Waals surface area contributed by atoms with Crippen LogP contribution in [0.25, 0.3) is 11.1 Å². The molecule has 0 spiro atoms. The van der Waals surface area contributed by atoms with Crippen molar-refractivity contribution in [3.05, 3.63) is 66.6 Å². The Hall–Kier alpha value is -2.88. The Labute approximate surface area is 129 Å². The summed E-state index contributed by atoms with van der Waals surface area (Å²) in [6.45, 7) is 1.94. The topological polar surface area (TPSA) is 44.2 Å². The zero-order valence-electron chi connectivity index (χ0n) is 12.5. The average molecular weight is 292 g/mol. The molecule has 0 unspecified atom stereocenters. The number of ether oxygens (including phenoxy) is 2. The number of rotatable bonds is 4. The van der Waals surface area contributed by atoms with Gasteiger partial charge in [0.25, 0.3) is 0 Å². The first-order valence-corrected chi connectivity index (χ1v) is 6.97. The van der Waals surface area contributed by atoms with Crippen molar-refractivity contribution in [2.24, 2.45) is 0 Å². The molecule has 4 heteroatoms. The highest BCUT2D eigenvalue weighted by Crippen LogP contribution is 2.36. The average Bonchev–Trinajstić information content (AvgIpc) is 2.57. The van der Waals surface area contributed by atoms with Gasteiger partial charge in [0.05, 0.1) is 13.3 Å². The predicted octanol–water partition coefficient (Wildman–Crippen LogP) is 4.25. The van der Waals surface area contributed by atoms with Crippen LogP contribution in [0.5, 0.6) is 17.4 Å². The van der Waals surface area contributed by atoms with E-state index in [0.29, 0.717) is 11.6 Å². The van der Waals surface area contributed by atoms with Gasteiger partial charge < -0.3 is 9.47 Å². The van der Waals surface area contributed by atoms with Gasteiger partial charge in [0.2, 0.25) is 5.88 Å². The Kier molecular flexibility index (Phi) is 4.01. The Morgan fingerprint density at radius 1 is 0.864 bits per heavy atom. The molecule has 2 heterocycles. The third-order valence-electron chi connectivity index (χ3n) is 3.27. The van der Waals surface area contributed by atoms with Gasteiger partial charge in [-0.15, -0.1) is 0 Å². The second kappa shape index (κ2) is 6.26. The number of methoxy groups -OCH3 is 1. The minimum absolute atomic E-state index is 0.526. The van der Waals surface area contributed by atoms with Crippen molar-refractivity contribution < 1.29 is 9.47 Å². The zero-order valence-corrected chi connectivity index (χ0v) is 12.5. The van der Waals surface area contributed by atoms with E-state index in [-0.39, 0.29) is 0 Å². The normalized spacial score (nSPS) is 10.3. The Morgan fingerprint density at radius 2 is 1.68 bits per heavy atom. The molecule has 0 radical (unpaired) electrons. The zero-order chi connectivity index (χ0) is 15.4. The summed E-state index contributed by atoms with van der Waals surface area (Å²) in [4.78, 5) is 8.58. The molecule has 1 aromatic carbocycles. The summed E-state index contributed by atoms with van der Waals surface area (Å²) in [5.41, 5.74) is 2.76. The maximum atomic E-state index is 5.89. The second-order valence-corrected chi connectivity index (χ2v) is 4.79. The number of aryl methyl sites for hydroxylation is 1. The van der Waals surface area contributed by atoms with Crippen molar-refractivity contribution in [3.8, 4) is 28.5 Å². The van der Waals surface area contributed by atoms with Crippen molar-refractivity contribution in [3.63, 3.8) is 0 Å². The SMILES string of the molecule is COc1ccccc1-c1cccnc1Oc1ccc(C)nc1. The number of para-hydroxylation sites is 1. The molecule has 4 nitrogen and oxygen atoms in total. The molecular formula is C18H16N2O2. The van der Waals surface area contributed by atoms with E-state index in [4.69, 9.17) is 9.47 Å². The van der Waals surface area contributed by atoms with Crippen molar-refractivity contribution in [2.45, 2.75) is 6.92 Å². The summed E-state index contributed by atoms with van der Waals surface area (Å²) in [5, 5.41) is 0. The summed E-state index contributed by atoms with van der Waals surface area (Å²) < 4.78 is 11.3. The van der Waals surface area contributed by atoms with E-state index in [1.54, 1.807) is 19.5 Å². The summed E-state index contributed by atoms with van der Waals surface area (Å²) in [7, 11) is 1.65. The Morgan fingerprint density at radius 3 is 2.45 bits per heavy atom. The van der Waals surface area contributed by atoms with Crippen LogP contribution in [0.15, 0.2) is 60.9 Å². The van der Waals surface area contributed by atoms with Crippen LogP contribution in [-0.2, 0) is 0 Å². The highest BCUT2D eigenvalue weighted by atomic mass is 16.5. The lowest BCUT2D eigenvalue weighted by Crippen LogP contribution is -1.94. The molecule has 0 amide bonds. The van der Waals surface area contributed by atoms with Gasteiger partial charge in [0, 0.05) is 23.0 Å². The lowest BCUT2D eigenvalue weighted by Gasteiger charge is -2.12. The van der Waals surface area contributed by atoms with E-state index >= 15 is 0 Å². The summed E-state index contributed by atoms with van der Waals surface area (Å²) in [6, 6.07) is 15.4. The molecule has 0 aliphatic rings. The predicted molar refractivity (Wildman–Crippen MR) is 85.3 cm³/mol. The fourth-order valence-corrected chi connectivity index (χ4v) is 2.17. The van der Waals surface area contributed by atoms with Gasteiger partial charge in [-0.1, -0.05) is 18.2 Å². The fraction of sp³-hybridized carbons (Fsp3) is 0.111. The van der Waals surface area contributed by atoms with Gasteiger partial charge in [0.1, 0.15) is 11.5 Å². The largest absolute Gasteiger partial charge is 0.496 e. The Bertz CT molecular complexity index is 770. The van der Waals surface area contributed by atoms with Crippen LogP contribution in [0.1, 0.15) is 5.69 Å². The molecule has 22 heavy (non-hydrogen) atoms. The lowest BCUT2D eigenvalue weighted by molar-refractivity contribution is 0.415. The second-order valence-electron chi connectivity index (χ2n) is 4.79. The minimum Gasteiger partial charge on any atom is -0.496 e. The van der Waals surface area contributed by atoms with Crippen molar-refractivity contribution >= 4 is 0 Å². The highest BCUT2D eigenvalue weighted by Gasteiger charge is 2.12. The first-order chi connectivity index (χ1) is 10.8. The third-order valence-corrected chi connectivity index (χ3v) is 3.27. The van der Waals surface area contributed by atoms with Crippen LogP contribution in [0.4, 0.5) is 0 Å². The molecule has 0 fully saturated rings.